The van der Waals surface area contributed by atoms with E-state index in [9.17, 15) is 9.59 Å². The molecular weight excluding hydrogens is 314 g/mol. The van der Waals surface area contributed by atoms with Gasteiger partial charge in [-0.05, 0) is 25.0 Å². The summed E-state index contributed by atoms with van der Waals surface area (Å²) in [5, 5.41) is 15.1. The summed E-state index contributed by atoms with van der Waals surface area (Å²) in [4.78, 5) is 26.7. The SMILES string of the molecule is Cc1nc(COc2ccccc2C(=O)NCCCCC(=O)O)no1. The van der Waals surface area contributed by atoms with Gasteiger partial charge in [0.25, 0.3) is 5.91 Å². The van der Waals surface area contributed by atoms with Crippen LogP contribution in [0.25, 0.3) is 0 Å². The van der Waals surface area contributed by atoms with E-state index < -0.39 is 5.97 Å². The van der Waals surface area contributed by atoms with Crippen LogP contribution < -0.4 is 10.1 Å². The summed E-state index contributed by atoms with van der Waals surface area (Å²) in [6, 6.07) is 6.85. The first kappa shape index (κ1) is 17.5. The minimum atomic E-state index is -0.836. The molecule has 1 aromatic carbocycles. The van der Waals surface area contributed by atoms with Gasteiger partial charge in [-0.25, -0.2) is 0 Å². The number of carbonyl (C=O) groups excluding carboxylic acids is 1. The number of para-hydroxylation sites is 1. The lowest BCUT2D eigenvalue weighted by atomic mass is 10.2. The van der Waals surface area contributed by atoms with Crippen molar-refractivity contribution in [2.45, 2.75) is 32.8 Å². The minimum absolute atomic E-state index is 0.0969. The van der Waals surface area contributed by atoms with E-state index in [0.717, 1.165) is 0 Å². The number of carboxylic acid groups (broad SMARTS) is 1. The van der Waals surface area contributed by atoms with Crippen molar-refractivity contribution in [1.82, 2.24) is 15.5 Å². The second-order valence-electron chi connectivity index (χ2n) is 5.12. The highest BCUT2D eigenvalue weighted by atomic mass is 16.5. The molecule has 0 saturated carbocycles. The van der Waals surface area contributed by atoms with Crippen LogP contribution in [0.3, 0.4) is 0 Å². The van der Waals surface area contributed by atoms with Crippen LogP contribution >= 0.6 is 0 Å². The summed E-state index contributed by atoms with van der Waals surface area (Å²) < 4.78 is 10.5. The molecule has 2 aromatic rings. The fourth-order valence-corrected chi connectivity index (χ4v) is 2.02. The molecule has 2 N–H and O–H groups in total. The lowest BCUT2D eigenvalue weighted by Gasteiger charge is -2.10. The zero-order valence-corrected chi connectivity index (χ0v) is 13.3. The first-order valence-corrected chi connectivity index (χ1v) is 7.57. The Kier molecular flexibility index (Phi) is 6.30. The highest BCUT2D eigenvalue weighted by molar-refractivity contribution is 5.96. The zero-order valence-electron chi connectivity index (χ0n) is 13.3. The van der Waals surface area contributed by atoms with E-state index in [2.05, 4.69) is 15.5 Å². The van der Waals surface area contributed by atoms with Crippen LogP contribution in [0.15, 0.2) is 28.8 Å². The average Bonchev–Trinajstić information content (AvgIpc) is 2.98. The Morgan fingerprint density at radius 1 is 1.29 bits per heavy atom. The van der Waals surface area contributed by atoms with E-state index in [-0.39, 0.29) is 18.9 Å². The molecule has 0 fully saturated rings. The van der Waals surface area contributed by atoms with Crippen molar-refractivity contribution >= 4 is 11.9 Å². The second-order valence-corrected chi connectivity index (χ2v) is 5.12. The predicted molar refractivity (Wildman–Crippen MR) is 83.6 cm³/mol. The monoisotopic (exact) mass is 333 g/mol. The van der Waals surface area contributed by atoms with E-state index in [4.69, 9.17) is 14.4 Å². The molecule has 0 aliphatic carbocycles. The Bertz CT molecular complexity index is 699. The maximum absolute atomic E-state index is 12.2. The predicted octanol–water partition coefficient (Wildman–Crippen LogP) is 1.94. The van der Waals surface area contributed by atoms with Crippen LogP contribution in [-0.2, 0) is 11.4 Å². The molecule has 1 amide bonds. The summed E-state index contributed by atoms with van der Waals surface area (Å²) in [5.41, 5.74) is 0.399. The largest absolute Gasteiger partial charge is 0.485 e. The first-order valence-electron chi connectivity index (χ1n) is 7.57. The summed E-state index contributed by atoms with van der Waals surface area (Å²) in [6.45, 7) is 2.19. The Morgan fingerprint density at radius 2 is 2.08 bits per heavy atom. The standard InChI is InChI=1S/C16H19N3O5/c1-11-18-14(19-24-11)10-23-13-7-3-2-6-12(13)16(22)17-9-5-4-8-15(20)21/h2-3,6-7H,4-5,8-10H2,1H3,(H,17,22)(H,20,21). The number of hydrogen-bond acceptors (Lipinski definition) is 6. The van der Waals surface area contributed by atoms with Gasteiger partial charge in [0.15, 0.2) is 6.61 Å². The first-order chi connectivity index (χ1) is 11.6. The number of benzene rings is 1. The molecule has 0 aliphatic heterocycles. The van der Waals surface area contributed by atoms with E-state index in [0.29, 0.717) is 42.4 Å². The van der Waals surface area contributed by atoms with Crippen LogP contribution in [-0.4, -0.2) is 33.7 Å². The van der Waals surface area contributed by atoms with Crippen LogP contribution in [0.4, 0.5) is 0 Å². The van der Waals surface area contributed by atoms with Crippen molar-refractivity contribution in [3.8, 4) is 5.75 Å². The fraction of sp³-hybridized carbons (Fsp3) is 0.375. The number of unbranched alkanes of at least 4 members (excludes halogenated alkanes) is 1. The highest BCUT2D eigenvalue weighted by Crippen LogP contribution is 2.19. The molecule has 0 radical (unpaired) electrons. The third-order valence-corrected chi connectivity index (χ3v) is 3.16. The van der Waals surface area contributed by atoms with Gasteiger partial charge in [-0.2, -0.15) is 4.98 Å². The van der Waals surface area contributed by atoms with Gasteiger partial charge < -0.3 is 19.7 Å². The molecule has 0 aliphatic rings. The highest BCUT2D eigenvalue weighted by Gasteiger charge is 2.13. The third-order valence-electron chi connectivity index (χ3n) is 3.16. The average molecular weight is 333 g/mol. The van der Waals surface area contributed by atoms with Crippen LogP contribution in [0.5, 0.6) is 5.75 Å². The Labute approximate surface area is 138 Å². The second kappa shape index (κ2) is 8.66. The number of hydrogen-bond donors (Lipinski definition) is 2. The Hall–Kier alpha value is -2.90. The summed E-state index contributed by atoms with van der Waals surface area (Å²) in [7, 11) is 0. The van der Waals surface area contributed by atoms with Gasteiger partial charge in [-0.3, -0.25) is 9.59 Å². The van der Waals surface area contributed by atoms with Gasteiger partial charge in [0.1, 0.15) is 5.75 Å². The number of aromatic nitrogens is 2. The van der Waals surface area contributed by atoms with Gasteiger partial charge in [0, 0.05) is 19.9 Å². The number of rotatable bonds is 9. The van der Waals surface area contributed by atoms with Crippen molar-refractivity contribution in [1.29, 1.82) is 0 Å². The molecule has 0 saturated heterocycles. The fourth-order valence-electron chi connectivity index (χ4n) is 2.02. The molecule has 8 heteroatoms. The number of carbonyl (C=O) groups is 2. The minimum Gasteiger partial charge on any atom is -0.485 e. The number of amides is 1. The Morgan fingerprint density at radius 3 is 2.79 bits per heavy atom. The van der Waals surface area contributed by atoms with E-state index in [1.54, 1.807) is 31.2 Å². The van der Waals surface area contributed by atoms with E-state index >= 15 is 0 Å². The van der Waals surface area contributed by atoms with Crippen LogP contribution in [0.1, 0.15) is 41.3 Å². The Balaban J connectivity index is 1.87. The molecule has 24 heavy (non-hydrogen) atoms. The molecule has 0 atom stereocenters. The normalized spacial score (nSPS) is 10.4. The topological polar surface area (TPSA) is 115 Å². The van der Waals surface area contributed by atoms with E-state index in [1.807, 2.05) is 0 Å². The molecule has 1 aromatic heterocycles. The van der Waals surface area contributed by atoms with Crippen LogP contribution in [0.2, 0.25) is 0 Å². The quantitative estimate of drug-likeness (QED) is 0.674. The molecular formula is C16H19N3O5. The summed E-state index contributed by atoms with van der Waals surface area (Å²) in [5.74, 6) is 0.155. The smallest absolute Gasteiger partial charge is 0.303 e. The van der Waals surface area contributed by atoms with Crippen molar-refractivity contribution in [2.24, 2.45) is 0 Å². The number of aliphatic carboxylic acids is 1. The third kappa shape index (κ3) is 5.38. The maximum Gasteiger partial charge on any atom is 0.303 e. The van der Waals surface area contributed by atoms with Gasteiger partial charge in [-0.15, -0.1) is 0 Å². The number of ether oxygens (including phenoxy) is 1. The van der Waals surface area contributed by atoms with Crippen LogP contribution in [0, 0.1) is 6.92 Å². The number of aryl methyl sites for hydroxylation is 1. The lowest BCUT2D eigenvalue weighted by molar-refractivity contribution is -0.137. The van der Waals surface area contributed by atoms with Gasteiger partial charge >= 0.3 is 5.97 Å². The van der Waals surface area contributed by atoms with E-state index in [1.165, 1.54) is 0 Å². The molecule has 2 rings (SSSR count). The molecule has 0 bridgehead atoms. The molecule has 128 valence electrons. The molecule has 0 spiro atoms. The van der Waals surface area contributed by atoms with Gasteiger partial charge in [0.05, 0.1) is 5.56 Å². The summed E-state index contributed by atoms with van der Waals surface area (Å²) in [6.07, 6.45) is 1.22. The molecule has 1 heterocycles. The maximum atomic E-state index is 12.2. The summed E-state index contributed by atoms with van der Waals surface area (Å²) >= 11 is 0. The van der Waals surface area contributed by atoms with Crippen molar-refractivity contribution < 1.29 is 24.0 Å². The van der Waals surface area contributed by atoms with Crippen molar-refractivity contribution in [3.63, 3.8) is 0 Å². The van der Waals surface area contributed by atoms with Gasteiger partial charge in [-0.1, -0.05) is 17.3 Å². The number of carboxylic acids is 1. The number of nitrogens with one attached hydrogen (secondary N) is 1. The van der Waals surface area contributed by atoms with Gasteiger partial charge in [0.2, 0.25) is 11.7 Å². The number of nitrogens with zero attached hydrogens (tertiary/aromatic N) is 2. The van der Waals surface area contributed by atoms with Crippen molar-refractivity contribution in [3.05, 3.63) is 41.5 Å². The lowest BCUT2D eigenvalue weighted by Crippen LogP contribution is -2.25. The van der Waals surface area contributed by atoms with Crippen molar-refractivity contribution in [2.75, 3.05) is 6.54 Å². The molecule has 0 unspecified atom stereocenters. The zero-order chi connectivity index (χ0) is 17.4. The molecule has 8 nitrogen and oxygen atoms in total.